The van der Waals surface area contributed by atoms with E-state index in [-0.39, 0.29) is 0 Å². The summed E-state index contributed by atoms with van der Waals surface area (Å²) in [5, 5.41) is 4.02. The van der Waals surface area contributed by atoms with Crippen LogP contribution in [-0.2, 0) is 25.7 Å². The Hall–Kier alpha value is -2.54. The quantitative estimate of drug-likeness (QED) is 0.366. The highest BCUT2D eigenvalue weighted by atomic mass is 14.9. The third kappa shape index (κ3) is 5.06. The van der Waals surface area contributed by atoms with Gasteiger partial charge < -0.3 is 5.32 Å². The number of hydrogen-bond donors (Lipinski definition) is 1. The molecular weight excluding hydrogens is 422 g/mol. The standard InChI is InChI=1S/C34H43N/c1-5-26-13-9-14-27(6-2)33(26)30-21-28-15-10-16-31(35-32-19-23(3)17-18-24(32)4)34(28)29(22-30)20-25-11-7-8-12-25/h9,13-14,17-19,21-22,25,31,35H,5-8,10-12,15-16,20H2,1-4H3. The molecule has 0 saturated heterocycles. The lowest BCUT2D eigenvalue weighted by atomic mass is 9.78. The Bertz CT molecular complexity index is 1160. The van der Waals surface area contributed by atoms with Crippen molar-refractivity contribution in [2.45, 2.75) is 97.9 Å². The van der Waals surface area contributed by atoms with Crippen LogP contribution in [0.2, 0.25) is 0 Å². The first kappa shape index (κ1) is 24.2. The van der Waals surface area contributed by atoms with Crippen molar-refractivity contribution in [3.05, 3.63) is 87.5 Å². The van der Waals surface area contributed by atoms with E-state index in [4.69, 9.17) is 0 Å². The molecule has 1 unspecified atom stereocenters. The zero-order valence-electron chi connectivity index (χ0n) is 22.3. The molecule has 1 fully saturated rings. The molecule has 0 heterocycles. The van der Waals surface area contributed by atoms with Gasteiger partial charge in [0.05, 0.1) is 6.04 Å². The summed E-state index contributed by atoms with van der Waals surface area (Å²) in [7, 11) is 0. The third-order valence-electron chi connectivity index (χ3n) is 8.63. The molecule has 1 nitrogen and oxygen atoms in total. The molecule has 5 rings (SSSR count). The summed E-state index contributed by atoms with van der Waals surface area (Å²) >= 11 is 0. The SMILES string of the molecule is CCc1cccc(CC)c1-c1cc2c(c(CC3CCCC3)c1)C(Nc1cc(C)ccc1C)CCC2. The Morgan fingerprint density at radius 3 is 2.26 bits per heavy atom. The summed E-state index contributed by atoms with van der Waals surface area (Å²) in [6, 6.07) is 19.3. The van der Waals surface area contributed by atoms with Gasteiger partial charge in [-0.25, -0.2) is 0 Å². The average Bonchev–Trinajstić information content (AvgIpc) is 3.38. The van der Waals surface area contributed by atoms with E-state index in [0.717, 1.165) is 18.8 Å². The Morgan fingerprint density at radius 2 is 1.54 bits per heavy atom. The molecule has 35 heavy (non-hydrogen) atoms. The zero-order valence-corrected chi connectivity index (χ0v) is 22.3. The highest BCUT2D eigenvalue weighted by Gasteiger charge is 2.27. The van der Waals surface area contributed by atoms with Crippen molar-refractivity contribution in [1.82, 2.24) is 0 Å². The van der Waals surface area contributed by atoms with Crippen molar-refractivity contribution in [2.75, 3.05) is 5.32 Å². The van der Waals surface area contributed by atoms with Crippen LogP contribution in [0.4, 0.5) is 5.69 Å². The van der Waals surface area contributed by atoms with E-state index in [0.29, 0.717) is 6.04 Å². The van der Waals surface area contributed by atoms with Crippen molar-refractivity contribution < 1.29 is 0 Å². The van der Waals surface area contributed by atoms with Gasteiger partial charge in [0, 0.05) is 5.69 Å². The molecule has 1 N–H and O–H groups in total. The first-order valence-corrected chi connectivity index (χ1v) is 14.2. The second-order valence-electron chi connectivity index (χ2n) is 11.1. The van der Waals surface area contributed by atoms with Crippen LogP contribution in [0, 0.1) is 19.8 Å². The van der Waals surface area contributed by atoms with Crippen molar-refractivity contribution in [2.24, 2.45) is 5.92 Å². The molecule has 0 aliphatic heterocycles. The average molecular weight is 466 g/mol. The lowest BCUT2D eigenvalue weighted by Crippen LogP contribution is -2.21. The highest BCUT2D eigenvalue weighted by molar-refractivity contribution is 5.74. The summed E-state index contributed by atoms with van der Waals surface area (Å²) in [5.41, 5.74) is 14.8. The maximum absolute atomic E-state index is 4.02. The first-order chi connectivity index (χ1) is 17.1. The summed E-state index contributed by atoms with van der Waals surface area (Å²) < 4.78 is 0. The Balaban J connectivity index is 1.62. The molecule has 2 aliphatic rings. The van der Waals surface area contributed by atoms with Crippen molar-refractivity contribution in [3.8, 4) is 11.1 Å². The molecule has 1 heteroatoms. The lowest BCUT2D eigenvalue weighted by molar-refractivity contribution is 0.531. The van der Waals surface area contributed by atoms with Gasteiger partial charge in [0.25, 0.3) is 0 Å². The van der Waals surface area contributed by atoms with E-state index in [1.54, 1.807) is 16.7 Å². The summed E-state index contributed by atoms with van der Waals surface area (Å²) in [6.07, 6.45) is 12.8. The van der Waals surface area contributed by atoms with Crippen LogP contribution in [0.5, 0.6) is 0 Å². The van der Waals surface area contributed by atoms with Gasteiger partial charge in [0.1, 0.15) is 0 Å². The van der Waals surface area contributed by atoms with E-state index in [1.807, 2.05) is 0 Å². The minimum absolute atomic E-state index is 0.414. The summed E-state index contributed by atoms with van der Waals surface area (Å²) in [4.78, 5) is 0. The molecule has 184 valence electrons. The van der Waals surface area contributed by atoms with Crippen LogP contribution in [0.1, 0.15) is 97.4 Å². The minimum Gasteiger partial charge on any atom is -0.378 e. The Labute approximate surface area is 213 Å². The highest BCUT2D eigenvalue weighted by Crippen LogP contribution is 2.42. The van der Waals surface area contributed by atoms with Gasteiger partial charge in [-0.1, -0.05) is 82.0 Å². The van der Waals surface area contributed by atoms with Crippen LogP contribution < -0.4 is 5.32 Å². The molecule has 0 aromatic heterocycles. The normalized spacial score (nSPS) is 18.0. The number of rotatable bonds is 7. The second kappa shape index (κ2) is 10.6. The number of anilines is 1. The van der Waals surface area contributed by atoms with E-state index in [1.165, 1.54) is 90.4 Å². The number of nitrogens with one attached hydrogen (secondary N) is 1. The Kier molecular flexibility index (Phi) is 7.32. The maximum Gasteiger partial charge on any atom is 0.0519 e. The fourth-order valence-corrected chi connectivity index (χ4v) is 6.75. The third-order valence-corrected chi connectivity index (χ3v) is 8.63. The monoisotopic (exact) mass is 465 g/mol. The summed E-state index contributed by atoms with van der Waals surface area (Å²) in [6.45, 7) is 9.05. The molecule has 3 aromatic carbocycles. The molecule has 3 aromatic rings. The smallest absolute Gasteiger partial charge is 0.0519 e. The van der Waals surface area contributed by atoms with Gasteiger partial charge in [-0.05, 0) is 114 Å². The molecule has 1 atom stereocenters. The lowest BCUT2D eigenvalue weighted by Gasteiger charge is -2.32. The van der Waals surface area contributed by atoms with Crippen LogP contribution in [0.15, 0.2) is 48.5 Å². The first-order valence-electron chi connectivity index (χ1n) is 14.2. The van der Waals surface area contributed by atoms with Gasteiger partial charge in [-0.3, -0.25) is 0 Å². The van der Waals surface area contributed by atoms with Gasteiger partial charge in [0.2, 0.25) is 0 Å². The second-order valence-corrected chi connectivity index (χ2v) is 11.1. The minimum atomic E-state index is 0.414. The molecule has 0 radical (unpaired) electrons. The Morgan fingerprint density at radius 1 is 0.800 bits per heavy atom. The number of hydrogen-bond acceptors (Lipinski definition) is 1. The molecule has 0 spiro atoms. The molecule has 0 bridgehead atoms. The van der Waals surface area contributed by atoms with Gasteiger partial charge in [-0.2, -0.15) is 0 Å². The van der Waals surface area contributed by atoms with Gasteiger partial charge in [0.15, 0.2) is 0 Å². The van der Waals surface area contributed by atoms with E-state index in [9.17, 15) is 0 Å². The predicted octanol–water partition coefficient (Wildman–Crippen LogP) is 9.32. The summed E-state index contributed by atoms with van der Waals surface area (Å²) in [5.74, 6) is 0.852. The van der Waals surface area contributed by atoms with Crippen LogP contribution >= 0.6 is 0 Å². The van der Waals surface area contributed by atoms with E-state index >= 15 is 0 Å². The van der Waals surface area contributed by atoms with Gasteiger partial charge in [-0.15, -0.1) is 0 Å². The number of aryl methyl sites for hydroxylation is 5. The van der Waals surface area contributed by atoms with E-state index < -0.39 is 0 Å². The maximum atomic E-state index is 4.02. The molecule has 2 aliphatic carbocycles. The largest absolute Gasteiger partial charge is 0.378 e. The zero-order chi connectivity index (χ0) is 24.4. The number of benzene rings is 3. The molecule has 0 amide bonds. The van der Waals surface area contributed by atoms with Crippen LogP contribution in [0.25, 0.3) is 11.1 Å². The van der Waals surface area contributed by atoms with Crippen molar-refractivity contribution in [3.63, 3.8) is 0 Å². The number of fused-ring (bicyclic) bond motifs is 1. The fourth-order valence-electron chi connectivity index (χ4n) is 6.75. The van der Waals surface area contributed by atoms with Crippen LogP contribution in [0.3, 0.4) is 0 Å². The van der Waals surface area contributed by atoms with Crippen molar-refractivity contribution >= 4 is 5.69 Å². The predicted molar refractivity (Wildman–Crippen MR) is 152 cm³/mol. The molecular formula is C34H43N. The molecule has 1 saturated carbocycles. The van der Waals surface area contributed by atoms with E-state index in [2.05, 4.69) is 81.5 Å². The topological polar surface area (TPSA) is 12.0 Å². The van der Waals surface area contributed by atoms with Crippen molar-refractivity contribution in [1.29, 1.82) is 0 Å². The van der Waals surface area contributed by atoms with Gasteiger partial charge >= 0.3 is 0 Å². The van der Waals surface area contributed by atoms with Crippen LogP contribution in [-0.4, -0.2) is 0 Å². The fraction of sp³-hybridized carbons (Fsp3) is 0.471.